The number of hydrogen-bond donors (Lipinski definition) is 1. The highest BCUT2D eigenvalue weighted by molar-refractivity contribution is 5.69. The van der Waals surface area contributed by atoms with E-state index in [1.807, 2.05) is 46.4 Å². The standard InChI is InChI=1S/C18H31NO5.C11H19NO3/c1-18(2,3)24-17(20)19-12-13-10-14(19)11-15(13)21-8-9-23-16-6-4-5-7-22-16;1-11(2,3)15-10(14)12-6-7-4-8(12)5-9(7)13/h13-16H,4-12H2,1-3H3;7-9,13H,4-6H2,1-3H3. The highest BCUT2D eigenvalue weighted by Gasteiger charge is 2.48. The number of piperidine rings is 2. The second-order valence-corrected chi connectivity index (χ2v) is 13.7. The molecular formula is C29H50N2O8. The SMILES string of the molecule is CC(C)(C)OC(=O)N1CC2CC1CC2O.CC(C)(C)OC(=O)N1CC2CC1CC2OCCOC1CCCCO1. The molecule has 3 saturated heterocycles. The van der Waals surface area contributed by atoms with Crippen LogP contribution >= 0.6 is 0 Å². The van der Waals surface area contributed by atoms with Crippen LogP contribution in [0.3, 0.4) is 0 Å². The fourth-order valence-electron chi connectivity index (χ4n) is 6.35. The highest BCUT2D eigenvalue weighted by atomic mass is 16.7. The lowest BCUT2D eigenvalue weighted by molar-refractivity contribution is -0.172. The van der Waals surface area contributed by atoms with Gasteiger partial charge in [-0.25, -0.2) is 9.59 Å². The van der Waals surface area contributed by atoms with E-state index >= 15 is 0 Å². The summed E-state index contributed by atoms with van der Waals surface area (Å²) in [4.78, 5) is 27.6. The molecule has 10 nitrogen and oxygen atoms in total. The molecule has 7 atom stereocenters. The van der Waals surface area contributed by atoms with E-state index in [-0.39, 0.29) is 48.7 Å². The summed E-state index contributed by atoms with van der Waals surface area (Å²) in [5.74, 6) is 0.691. The number of fused-ring (bicyclic) bond motifs is 4. The van der Waals surface area contributed by atoms with Gasteiger partial charge in [0.25, 0.3) is 0 Å². The third-order valence-corrected chi connectivity index (χ3v) is 8.09. The molecule has 3 heterocycles. The Morgan fingerprint density at radius 2 is 1.36 bits per heavy atom. The van der Waals surface area contributed by atoms with Gasteiger partial charge in [-0.15, -0.1) is 0 Å². The number of ether oxygens (including phenoxy) is 5. The zero-order valence-corrected chi connectivity index (χ0v) is 24.7. The van der Waals surface area contributed by atoms with E-state index < -0.39 is 11.2 Å². The minimum absolute atomic E-state index is 0.0509. The lowest BCUT2D eigenvalue weighted by Gasteiger charge is -2.33. The van der Waals surface area contributed by atoms with Crippen molar-refractivity contribution in [1.82, 2.24) is 9.80 Å². The fraction of sp³-hybridized carbons (Fsp3) is 0.931. The van der Waals surface area contributed by atoms with Crippen molar-refractivity contribution >= 4 is 12.2 Å². The monoisotopic (exact) mass is 554 g/mol. The molecule has 2 saturated carbocycles. The van der Waals surface area contributed by atoms with Crippen LogP contribution in [0.1, 0.15) is 86.5 Å². The topological polar surface area (TPSA) is 107 Å². The largest absolute Gasteiger partial charge is 0.444 e. The number of aliphatic hydroxyl groups is 1. The van der Waals surface area contributed by atoms with Crippen LogP contribution in [0.25, 0.3) is 0 Å². The zero-order valence-electron chi connectivity index (χ0n) is 24.7. The lowest BCUT2D eigenvalue weighted by Crippen LogP contribution is -2.44. The highest BCUT2D eigenvalue weighted by Crippen LogP contribution is 2.40. The quantitative estimate of drug-likeness (QED) is 0.501. The normalized spacial score (nSPS) is 33.7. The van der Waals surface area contributed by atoms with Gasteiger partial charge in [-0.3, -0.25) is 0 Å². The van der Waals surface area contributed by atoms with Gasteiger partial charge in [0.05, 0.1) is 25.4 Å². The zero-order chi connectivity index (χ0) is 28.4. The molecule has 2 amide bonds. The molecule has 1 N–H and O–H groups in total. The molecule has 7 unspecified atom stereocenters. The van der Waals surface area contributed by atoms with Crippen LogP contribution in [0.2, 0.25) is 0 Å². The molecular weight excluding hydrogens is 504 g/mol. The van der Waals surface area contributed by atoms with E-state index in [9.17, 15) is 14.7 Å². The lowest BCUT2D eigenvalue weighted by atomic mass is 10.1. The predicted molar refractivity (Wildman–Crippen MR) is 144 cm³/mol. The van der Waals surface area contributed by atoms with E-state index in [4.69, 9.17) is 23.7 Å². The minimum atomic E-state index is -0.437. The first-order valence-electron chi connectivity index (χ1n) is 14.8. The number of likely N-dealkylation sites (tertiary alicyclic amines) is 2. The van der Waals surface area contributed by atoms with Gasteiger partial charge in [0.15, 0.2) is 6.29 Å². The van der Waals surface area contributed by atoms with Gasteiger partial charge in [-0.2, -0.15) is 0 Å². The van der Waals surface area contributed by atoms with Crippen LogP contribution in [0.4, 0.5) is 9.59 Å². The molecule has 0 aromatic heterocycles. The minimum Gasteiger partial charge on any atom is -0.444 e. The van der Waals surface area contributed by atoms with Crippen LogP contribution in [0.5, 0.6) is 0 Å². The summed E-state index contributed by atoms with van der Waals surface area (Å²) in [6, 6.07) is 0.456. The molecule has 5 rings (SSSR count). The van der Waals surface area contributed by atoms with Gasteiger partial charge in [-0.1, -0.05) is 0 Å². The molecule has 5 fully saturated rings. The van der Waals surface area contributed by atoms with E-state index in [0.717, 1.165) is 45.3 Å². The number of aliphatic hydroxyl groups excluding tert-OH is 1. The summed E-state index contributed by atoms with van der Waals surface area (Å²) in [5, 5.41) is 9.57. The van der Waals surface area contributed by atoms with E-state index in [1.165, 1.54) is 6.42 Å². The molecule has 2 aliphatic carbocycles. The summed E-state index contributed by atoms with van der Waals surface area (Å²) < 4.78 is 28.0. The summed E-state index contributed by atoms with van der Waals surface area (Å²) in [6.45, 7) is 14.7. The molecule has 0 spiro atoms. The number of nitrogens with zero attached hydrogens (tertiary/aromatic N) is 2. The van der Waals surface area contributed by atoms with Crippen molar-refractivity contribution in [2.45, 2.75) is 128 Å². The maximum Gasteiger partial charge on any atom is 0.410 e. The number of carbonyl (C=O) groups excluding carboxylic acids is 2. The van der Waals surface area contributed by atoms with Crippen molar-refractivity contribution in [2.24, 2.45) is 11.8 Å². The van der Waals surface area contributed by atoms with Crippen molar-refractivity contribution in [1.29, 1.82) is 0 Å². The molecule has 224 valence electrons. The number of amides is 2. The summed E-state index contributed by atoms with van der Waals surface area (Å²) in [5.41, 5.74) is -0.870. The summed E-state index contributed by atoms with van der Waals surface area (Å²) in [7, 11) is 0. The first-order valence-corrected chi connectivity index (χ1v) is 14.8. The van der Waals surface area contributed by atoms with Crippen molar-refractivity contribution in [3.05, 3.63) is 0 Å². The van der Waals surface area contributed by atoms with Gasteiger partial charge < -0.3 is 38.6 Å². The Labute approximate surface area is 233 Å². The van der Waals surface area contributed by atoms with Crippen LogP contribution in [0.15, 0.2) is 0 Å². The molecule has 10 heteroatoms. The molecule has 0 radical (unpaired) electrons. The number of carbonyl (C=O) groups is 2. The average Bonchev–Trinajstić information content (AvgIpc) is 3.61. The van der Waals surface area contributed by atoms with Gasteiger partial charge in [0, 0.05) is 43.6 Å². The molecule has 0 aromatic rings. The van der Waals surface area contributed by atoms with Gasteiger partial charge >= 0.3 is 12.2 Å². The van der Waals surface area contributed by atoms with Crippen LogP contribution < -0.4 is 0 Å². The Bertz CT molecular complexity index is 832. The summed E-state index contributed by atoms with van der Waals surface area (Å²) in [6.07, 6.45) is 6.42. The molecule has 4 bridgehead atoms. The molecule has 3 aliphatic heterocycles. The molecule has 0 aromatic carbocycles. The Kier molecular flexibility index (Phi) is 9.72. The summed E-state index contributed by atoms with van der Waals surface area (Å²) >= 11 is 0. The first kappa shape index (κ1) is 30.3. The van der Waals surface area contributed by atoms with Gasteiger partial charge in [-0.05, 0) is 86.5 Å². The Balaban J connectivity index is 0.000000202. The van der Waals surface area contributed by atoms with E-state index in [1.54, 1.807) is 4.90 Å². The second kappa shape index (κ2) is 12.5. The number of rotatable bonds is 5. The van der Waals surface area contributed by atoms with Crippen molar-refractivity contribution in [3.8, 4) is 0 Å². The van der Waals surface area contributed by atoms with Gasteiger partial charge in [0.1, 0.15) is 11.2 Å². The van der Waals surface area contributed by atoms with Crippen molar-refractivity contribution in [2.75, 3.05) is 32.9 Å². The fourth-order valence-corrected chi connectivity index (χ4v) is 6.35. The molecule has 5 aliphatic rings. The predicted octanol–water partition coefficient (Wildman–Crippen LogP) is 4.32. The van der Waals surface area contributed by atoms with Crippen molar-refractivity contribution < 1.29 is 38.4 Å². The Morgan fingerprint density at radius 3 is 1.82 bits per heavy atom. The maximum absolute atomic E-state index is 12.2. The van der Waals surface area contributed by atoms with E-state index in [0.29, 0.717) is 32.1 Å². The van der Waals surface area contributed by atoms with Crippen LogP contribution in [-0.2, 0) is 23.7 Å². The smallest absolute Gasteiger partial charge is 0.410 e. The number of hydrogen-bond acceptors (Lipinski definition) is 8. The second-order valence-electron chi connectivity index (χ2n) is 13.7. The van der Waals surface area contributed by atoms with Crippen LogP contribution in [-0.4, -0.2) is 102 Å². The first-order chi connectivity index (χ1) is 18.3. The van der Waals surface area contributed by atoms with E-state index in [2.05, 4.69) is 0 Å². The maximum atomic E-state index is 12.2. The Hall–Kier alpha value is -1.62. The third-order valence-electron chi connectivity index (χ3n) is 8.09. The van der Waals surface area contributed by atoms with Crippen molar-refractivity contribution in [3.63, 3.8) is 0 Å². The van der Waals surface area contributed by atoms with Gasteiger partial charge in [0.2, 0.25) is 0 Å². The Morgan fingerprint density at radius 1 is 0.795 bits per heavy atom. The third kappa shape index (κ3) is 8.44. The van der Waals surface area contributed by atoms with Crippen LogP contribution in [0, 0.1) is 11.8 Å². The average molecular weight is 555 g/mol. The molecule has 39 heavy (non-hydrogen) atoms.